The van der Waals surface area contributed by atoms with Gasteiger partial charge in [-0.3, -0.25) is 4.99 Å². The summed E-state index contributed by atoms with van der Waals surface area (Å²) in [6.07, 6.45) is 1.82. The molecule has 3 aromatic carbocycles. The largest absolute Gasteiger partial charge is 0.487 e. The summed E-state index contributed by atoms with van der Waals surface area (Å²) in [6.45, 7) is 4.68. The van der Waals surface area contributed by atoms with Gasteiger partial charge in [0, 0.05) is 6.21 Å². The van der Waals surface area contributed by atoms with Crippen LogP contribution in [0.1, 0.15) is 22.3 Å². The number of halogens is 1. The number of rotatable bonds is 5. The van der Waals surface area contributed by atoms with Gasteiger partial charge in [-0.05, 0) is 66.4 Å². The summed E-state index contributed by atoms with van der Waals surface area (Å²) in [7, 11) is 0. The Labute approximate surface area is 153 Å². The Morgan fingerprint density at radius 1 is 0.920 bits per heavy atom. The highest BCUT2D eigenvalue weighted by atomic mass is 35.5. The zero-order chi connectivity index (χ0) is 17.6. The lowest BCUT2D eigenvalue weighted by atomic mass is 10.1. The number of ether oxygens (including phenoxy) is 1. The fraction of sp³-hybridized carbons (Fsp3) is 0.136. The molecule has 0 saturated heterocycles. The van der Waals surface area contributed by atoms with Crippen molar-refractivity contribution in [2.45, 2.75) is 20.5 Å². The van der Waals surface area contributed by atoms with E-state index in [2.05, 4.69) is 31.0 Å². The van der Waals surface area contributed by atoms with Gasteiger partial charge >= 0.3 is 0 Å². The van der Waals surface area contributed by atoms with E-state index in [0.29, 0.717) is 17.4 Å². The quantitative estimate of drug-likeness (QED) is 0.496. The van der Waals surface area contributed by atoms with Gasteiger partial charge in [0.05, 0.1) is 10.7 Å². The second-order valence-corrected chi connectivity index (χ2v) is 6.40. The maximum absolute atomic E-state index is 6.34. The molecule has 0 aromatic heterocycles. The molecule has 3 aromatic rings. The summed E-state index contributed by atoms with van der Waals surface area (Å²) in [6, 6.07) is 21.9. The Kier molecular flexibility index (Phi) is 5.52. The van der Waals surface area contributed by atoms with Gasteiger partial charge in [-0.2, -0.15) is 0 Å². The first-order valence-corrected chi connectivity index (χ1v) is 8.57. The van der Waals surface area contributed by atoms with E-state index in [1.54, 1.807) is 0 Å². The van der Waals surface area contributed by atoms with E-state index in [-0.39, 0.29) is 0 Å². The van der Waals surface area contributed by atoms with Crippen molar-refractivity contribution >= 4 is 23.5 Å². The molecule has 0 aliphatic rings. The molecule has 0 spiro atoms. The van der Waals surface area contributed by atoms with Gasteiger partial charge in [-0.15, -0.1) is 0 Å². The van der Waals surface area contributed by atoms with Crippen molar-refractivity contribution in [1.29, 1.82) is 0 Å². The Morgan fingerprint density at radius 2 is 1.72 bits per heavy atom. The van der Waals surface area contributed by atoms with Crippen LogP contribution in [0, 0.1) is 13.8 Å². The molecule has 126 valence electrons. The molecular weight excluding hydrogens is 330 g/mol. The molecule has 0 radical (unpaired) electrons. The summed E-state index contributed by atoms with van der Waals surface area (Å²) < 4.78 is 5.79. The lowest BCUT2D eigenvalue weighted by Crippen LogP contribution is -1.96. The van der Waals surface area contributed by atoms with Crippen molar-refractivity contribution in [1.82, 2.24) is 0 Å². The Bertz CT molecular complexity index is 888. The zero-order valence-corrected chi connectivity index (χ0v) is 15.1. The molecule has 0 unspecified atom stereocenters. The topological polar surface area (TPSA) is 21.6 Å². The normalized spacial score (nSPS) is 11.0. The van der Waals surface area contributed by atoms with Crippen molar-refractivity contribution in [3.63, 3.8) is 0 Å². The van der Waals surface area contributed by atoms with Gasteiger partial charge < -0.3 is 4.74 Å². The first kappa shape index (κ1) is 17.2. The maximum atomic E-state index is 6.34. The van der Waals surface area contributed by atoms with Crippen LogP contribution in [0.4, 0.5) is 5.69 Å². The summed E-state index contributed by atoms with van der Waals surface area (Å²) in [5, 5.41) is 0.583. The van der Waals surface area contributed by atoms with Crippen LogP contribution in [-0.2, 0) is 6.61 Å². The minimum absolute atomic E-state index is 0.497. The third-order valence-electron chi connectivity index (χ3n) is 4.05. The van der Waals surface area contributed by atoms with Crippen LogP contribution < -0.4 is 4.74 Å². The highest BCUT2D eigenvalue weighted by molar-refractivity contribution is 6.32. The summed E-state index contributed by atoms with van der Waals surface area (Å²) in [5.41, 5.74) is 5.48. The van der Waals surface area contributed by atoms with E-state index >= 15 is 0 Å². The van der Waals surface area contributed by atoms with Crippen LogP contribution in [0.2, 0.25) is 5.02 Å². The lowest BCUT2D eigenvalue weighted by molar-refractivity contribution is 0.306. The maximum Gasteiger partial charge on any atom is 0.138 e. The van der Waals surface area contributed by atoms with Crippen molar-refractivity contribution < 1.29 is 4.74 Å². The highest BCUT2D eigenvalue weighted by Crippen LogP contribution is 2.26. The van der Waals surface area contributed by atoms with Gasteiger partial charge in [0.25, 0.3) is 0 Å². The molecule has 3 rings (SSSR count). The third kappa shape index (κ3) is 4.71. The molecular formula is C22H20ClNO. The second-order valence-electron chi connectivity index (χ2n) is 5.99. The summed E-state index contributed by atoms with van der Waals surface area (Å²) in [4.78, 5) is 4.52. The predicted molar refractivity (Wildman–Crippen MR) is 105 cm³/mol. The van der Waals surface area contributed by atoms with Crippen LogP contribution >= 0.6 is 11.6 Å². The van der Waals surface area contributed by atoms with Crippen LogP contribution in [0.5, 0.6) is 5.75 Å². The van der Waals surface area contributed by atoms with Crippen molar-refractivity contribution in [3.05, 3.63) is 94.0 Å². The first-order chi connectivity index (χ1) is 12.1. The predicted octanol–water partition coefficient (Wildman–Crippen LogP) is 6.29. The first-order valence-electron chi connectivity index (χ1n) is 8.19. The summed E-state index contributed by atoms with van der Waals surface area (Å²) >= 11 is 6.34. The van der Waals surface area contributed by atoms with Gasteiger partial charge in [0.1, 0.15) is 12.4 Å². The monoisotopic (exact) mass is 349 g/mol. The smallest absolute Gasteiger partial charge is 0.138 e. The molecule has 0 aliphatic heterocycles. The van der Waals surface area contributed by atoms with Crippen molar-refractivity contribution in [3.8, 4) is 5.75 Å². The Morgan fingerprint density at radius 3 is 2.44 bits per heavy atom. The fourth-order valence-corrected chi connectivity index (χ4v) is 2.65. The van der Waals surface area contributed by atoms with E-state index in [1.807, 2.05) is 60.8 Å². The molecule has 3 heteroatoms. The fourth-order valence-electron chi connectivity index (χ4n) is 2.40. The molecule has 0 heterocycles. The standard InChI is InChI=1S/C22H20ClNO/c1-16-8-10-20(12-17(16)2)24-14-19-9-11-22(21(23)13-19)25-15-18-6-4-3-5-7-18/h3-14H,15H2,1-2H3. The van der Waals surface area contributed by atoms with Crippen LogP contribution in [0.15, 0.2) is 71.7 Å². The molecule has 0 saturated carbocycles. The Balaban J connectivity index is 1.68. The summed E-state index contributed by atoms with van der Waals surface area (Å²) in [5.74, 6) is 0.675. The molecule has 0 bridgehead atoms. The molecule has 25 heavy (non-hydrogen) atoms. The van der Waals surface area contributed by atoms with Crippen LogP contribution in [-0.4, -0.2) is 6.21 Å². The molecule has 2 nitrogen and oxygen atoms in total. The minimum atomic E-state index is 0.497. The number of hydrogen-bond acceptors (Lipinski definition) is 2. The van der Waals surface area contributed by atoms with E-state index in [0.717, 1.165) is 16.8 Å². The molecule has 0 N–H and O–H groups in total. The average molecular weight is 350 g/mol. The average Bonchev–Trinajstić information content (AvgIpc) is 2.63. The van der Waals surface area contributed by atoms with Gasteiger partial charge in [-0.25, -0.2) is 0 Å². The molecule has 0 amide bonds. The number of hydrogen-bond donors (Lipinski definition) is 0. The molecule has 0 fully saturated rings. The van der Waals surface area contributed by atoms with Gasteiger partial charge in [0.15, 0.2) is 0 Å². The highest BCUT2D eigenvalue weighted by Gasteiger charge is 2.03. The number of aryl methyl sites for hydroxylation is 2. The van der Waals surface area contributed by atoms with Gasteiger partial charge in [-0.1, -0.05) is 48.0 Å². The van der Waals surface area contributed by atoms with E-state index in [4.69, 9.17) is 16.3 Å². The van der Waals surface area contributed by atoms with E-state index in [1.165, 1.54) is 11.1 Å². The second kappa shape index (κ2) is 8.00. The van der Waals surface area contributed by atoms with E-state index < -0.39 is 0 Å². The lowest BCUT2D eigenvalue weighted by Gasteiger charge is -2.08. The minimum Gasteiger partial charge on any atom is -0.487 e. The van der Waals surface area contributed by atoms with Crippen molar-refractivity contribution in [2.75, 3.05) is 0 Å². The van der Waals surface area contributed by atoms with Crippen molar-refractivity contribution in [2.24, 2.45) is 4.99 Å². The molecule has 0 atom stereocenters. The molecule has 0 aliphatic carbocycles. The number of nitrogens with zero attached hydrogens (tertiary/aromatic N) is 1. The SMILES string of the molecule is Cc1ccc(N=Cc2ccc(OCc3ccccc3)c(Cl)c2)cc1C. The van der Waals surface area contributed by atoms with Gasteiger partial charge in [0.2, 0.25) is 0 Å². The third-order valence-corrected chi connectivity index (χ3v) is 4.34. The van der Waals surface area contributed by atoms with Crippen LogP contribution in [0.25, 0.3) is 0 Å². The zero-order valence-electron chi connectivity index (χ0n) is 14.4. The Hall–Kier alpha value is -2.58. The number of benzene rings is 3. The van der Waals surface area contributed by atoms with Crippen LogP contribution in [0.3, 0.4) is 0 Å². The number of aliphatic imine (C=N–C) groups is 1. The van der Waals surface area contributed by atoms with E-state index in [9.17, 15) is 0 Å².